The van der Waals surface area contributed by atoms with E-state index in [1.807, 2.05) is 37.3 Å². The lowest BCUT2D eigenvalue weighted by Gasteiger charge is -2.13. The van der Waals surface area contributed by atoms with Gasteiger partial charge >= 0.3 is 0 Å². The summed E-state index contributed by atoms with van der Waals surface area (Å²) in [5.74, 6) is -0.107. The molecule has 0 saturated carbocycles. The molecule has 1 amide bonds. The van der Waals surface area contributed by atoms with Gasteiger partial charge in [0.05, 0.1) is 17.9 Å². The molecule has 0 aliphatic heterocycles. The molecule has 0 saturated heterocycles. The monoisotopic (exact) mass is 259 g/mol. The molecule has 1 aromatic heterocycles. The summed E-state index contributed by atoms with van der Waals surface area (Å²) in [6.07, 6.45) is 1.67. The van der Waals surface area contributed by atoms with E-state index in [2.05, 4.69) is 15.6 Å². The first kappa shape index (κ1) is 13.2. The van der Waals surface area contributed by atoms with Crippen molar-refractivity contribution in [1.29, 1.82) is 0 Å². The Balaban J connectivity index is 1.91. The predicted octanol–water partition coefficient (Wildman–Crippen LogP) is 0.614. The zero-order valence-corrected chi connectivity index (χ0v) is 10.8. The van der Waals surface area contributed by atoms with Crippen LogP contribution in [0.3, 0.4) is 0 Å². The lowest BCUT2D eigenvalue weighted by atomic mass is 10.1. The standard InChI is InChI=1S/C13H17N5O/c1-10(11-5-3-2-4-6-11)15-13(19)9-18-8-12(7-14)16-17-18/h2-6,8,10H,7,9,14H2,1H3,(H,15,19)/t10-/m1/s1. The maximum atomic E-state index is 11.9. The van der Waals surface area contributed by atoms with Crippen molar-refractivity contribution in [2.75, 3.05) is 0 Å². The molecular weight excluding hydrogens is 242 g/mol. The number of nitrogens with one attached hydrogen (secondary N) is 1. The SMILES string of the molecule is C[C@@H](NC(=O)Cn1cc(CN)nn1)c1ccccc1. The fourth-order valence-corrected chi connectivity index (χ4v) is 1.77. The molecule has 0 spiro atoms. The first-order valence-electron chi connectivity index (χ1n) is 6.12. The number of benzene rings is 1. The number of hydrogen-bond donors (Lipinski definition) is 2. The fraction of sp³-hybridized carbons (Fsp3) is 0.308. The number of hydrogen-bond acceptors (Lipinski definition) is 4. The third kappa shape index (κ3) is 3.62. The van der Waals surface area contributed by atoms with Gasteiger partial charge in [-0.2, -0.15) is 0 Å². The third-order valence-corrected chi connectivity index (χ3v) is 2.78. The summed E-state index contributed by atoms with van der Waals surface area (Å²) in [5, 5.41) is 10.6. The van der Waals surface area contributed by atoms with E-state index in [4.69, 9.17) is 5.73 Å². The molecule has 100 valence electrons. The molecule has 1 atom stereocenters. The first-order chi connectivity index (χ1) is 9.19. The molecule has 0 bridgehead atoms. The van der Waals surface area contributed by atoms with Crippen molar-refractivity contribution in [2.24, 2.45) is 5.73 Å². The van der Waals surface area contributed by atoms with Crippen LogP contribution in [0.15, 0.2) is 36.5 Å². The van der Waals surface area contributed by atoms with Crippen molar-refractivity contribution < 1.29 is 4.79 Å². The smallest absolute Gasteiger partial charge is 0.242 e. The molecule has 19 heavy (non-hydrogen) atoms. The van der Waals surface area contributed by atoms with Crippen LogP contribution in [0.5, 0.6) is 0 Å². The number of rotatable bonds is 5. The van der Waals surface area contributed by atoms with Crippen LogP contribution < -0.4 is 11.1 Å². The van der Waals surface area contributed by atoms with Gasteiger partial charge in [-0.25, -0.2) is 4.68 Å². The summed E-state index contributed by atoms with van der Waals surface area (Å²) in [5.41, 5.74) is 7.17. The summed E-state index contributed by atoms with van der Waals surface area (Å²) in [6, 6.07) is 9.76. The van der Waals surface area contributed by atoms with E-state index < -0.39 is 0 Å². The van der Waals surface area contributed by atoms with E-state index in [0.717, 1.165) is 5.56 Å². The Bertz CT molecular complexity index is 537. The highest BCUT2D eigenvalue weighted by molar-refractivity contribution is 5.76. The normalized spacial score (nSPS) is 12.1. The minimum atomic E-state index is -0.107. The van der Waals surface area contributed by atoms with Crippen molar-refractivity contribution in [2.45, 2.75) is 26.1 Å². The summed E-state index contributed by atoms with van der Waals surface area (Å²) < 4.78 is 1.48. The summed E-state index contributed by atoms with van der Waals surface area (Å²) in [4.78, 5) is 11.9. The molecule has 6 heteroatoms. The number of nitrogens with two attached hydrogens (primary N) is 1. The molecule has 2 rings (SSSR count). The highest BCUT2D eigenvalue weighted by Gasteiger charge is 2.10. The van der Waals surface area contributed by atoms with Gasteiger partial charge in [0.1, 0.15) is 6.54 Å². The second-order valence-electron chi connectivity index (χ2n) is 4.31. The van der Waals surface area contributed by atoms with Crippen LogP contribution in [-0.4, -0.2) is 20.9 Å². The summed E-state index contributed by atoms with van der Waals surface area (Å²) >= 11 is 0. The van der Waals surface area contributed by atoms with Gasteiger partial charge in [0.15, 0.2) is 0 Å². The van der Waals surface area contributed by atoms with Gasteiger partial charge in [-0.3, -0.25) is 4.79 Å². The second kappa shape index (κ2) is 6.10. The van der Waals surface area contributed by atoms with Crippen LogP contribution in [0.25, 0.3) is 0 Å². The molecule has 3 N–H and O–H groups in total. The van der Waals surface area contributed by atoms with E-state index in [0.29, 0.717) is 12.2 Å². The van der Waals surface area contributed by atoms with Crippen molar-refractivity contribution in [3.63, 3.8) is 0 Å². The summed E-state index contributed by atoms with van der Waals surface area (Å²) in [6.45, 7) is 2.41. The second-order valence-corrected chi connectivity index (χ2v) is 4.31. The average molecular weight is 259 g/mol. The Morgan fingerprint density at radius 2 is 2.16 bits per heavy atom. The van der Waals surface area contributed by atoms with Gasteiger partial charge < -0.3 is 11.1 Å². The molecule has 6 nitrogen and oxygen atoms in total. The van der Waals surface area contributed by atoms with Gasteiger partial charge in [-0.1, -0.05) is 35.5 Å². The Hall–Kier alpha value is -2.21. The Labute approximate surface area is 111 Å². The topological polar surface area (TPSA) is 85.8 Å². The molecule has 1 aromatic carbocycles. The van der Waals surface area contributed by atoms with Gasteiger partial charge in [0.2, 0.25) is 5.91 Å². The quantitative estimate of drug-likeness (QED) is 0.824. The fourth-order valence-electron chi connectivity index (χ4n) is 1.77. The minimum absolute atomic E-state index is 0.0359. The number of aromatic nitrogens is 3. The van der Waals surface area contributed by atoms with Gasteiger partial charge in [-0.05, 0) is 12.5 Å². The van der Waals surface area contributed by atoms with Gasteiger partial charge in [0, 0.05) is 6.54 Å². The largest absolute Gasteiger partial charge is 0.348 e. The molecule has 0 unspecified atom stereocenters. The maximum Gasteiger partial charge on any atom is 0.242 e. The molecule has 0 fully saturated rings. The third-order valence-electron chi connectivity index (χ3n) is 2.78. The van der Waals surface area contributed by atoms with E-state index >= 15 is 0 Å². The molecule has 0 radical (unpaired) electrons. The molecule has 0 aliphatic rings. The molecule has 0 aliphatic carbocycles. The zero-order chi connectivity index (χ0) is 13.7. The van der Waals surface area contributed by atoms with E-state index in [1.54, 1.807) is 6.20 Å². The van der Waals surface area contributed by atoms with E-state index in [-0.39, 0.29) is 18.5 Å². The first-order valence-corrected chi connectivity index (χ1v) is 6.12. The Morgan fingerprint density at radius 3 is 2.79 bits per heavy atom. The maximum absolute atomic E-state index is 11.9. The van der Waals surface area contributed by atoms with E-state index in [1.165, 1.54) is 4.68 Å². The lowest BCUT2D eigenvalue weighted by Crippen LogP contribution is -2.30. The molecule has 1 heterocycles. The number of carbonyl (C=O) groups excluding carboxylic acids is 1. The van der Waals surface area contributed by atoms with Crippen LogP contribution in [0, 0.1) is 0 Å². The van der Waals surface area contributed by atoms with E-state index in [9.17, 15) is 4.79 Å². The number of amides is 1. The van der Waals surface area contributed by atoms with Crippen LogP contribution in [0.1, 0.15) is 24.2 Å². The molecular formula is C13H17N5O. The van der Waals surface area contributed by atoms with Crippen molar-refractivity contribution in [3.8, 4) is 0 Å². The number of nitrogens with zero attached hydrogens (tertiary/aromatic N) is 3. The Kier molecular flexibility index (Phi) is 4.25. The van der Waals surface area contributed by atoms with Crippen LogP contribution in [0.2, 0.25) is 0 Å². The summed E-state index contributed by atoms with van der Waals surface area (Å²) in [7, 11) is 0. The molecule has 2 aromatic rings. The van der Waals surface area contributed by atoms with Gasteiger partial charge in [-0.15, -0.1) is 5.10 Å². The zero-order valence-electron chi connectivity index (χ0n) is 10.8. The lowest BCUT2D eigenvalue weighted by molar-refractivity contribution is -0.122. The minimum Gasteiger partial charge on any atom is -0.348 e. The van der Waals surface area contributed by atoms with Crippen molar-refractivity contribution >= 4 is 5.91 Å². The average Bonchev–Trinajstić information content (AvgIpc) is 2.87. The van der Waals surface area contributed by atoms with Crippen LogP contribution >= 0.6 is 0 Å². The van der Waals surface area contributed by atoms with Crippen molar-refractivity contribution in [3.05, 3.63) is 47.8 Å². The van der Waals surface area contributed by atoms with Gasteiger partial charge in [0.25, 0.3) is 0 Å². The number of carbonyl (C=O) groups is 1. The highest BCUT2D eigenvalue weighted by Crippen LogP contribution is 2.10. The van der Waals surface area contributed by atoms with Crippen LogP contribution in [-0.2, 0) is 17.9 Å². The van der Waals surface area contributed by atoms with Crippen LogP contribution in [0.4, 0.5) is 0 Å². The highest BCUT2D eigenvalue weighted by atomic mass is 16.2. The van der Waals surface area contributed by atoms with Crippen molar-refractivity contribution in [1.82, 2.24) is 20.3 Å². The Morgan fingerprint density at radius 1 is 1.42 bits per heavy atom. The predicted molar refractivity (Wildman–Crippen MR) is 70.9 cm³/mol.